The number of anilines is 1. The lowest BCUT2D eigenvalue weighted by molar-refractivity contribution is -0.121. The van der Waals surface area contributed by atoms with Crippen molar-refractivity contribution in [3.8, 4) is 5.75 Å². The molecule has 160 valence electrons. The van der Waals surface area contributed by atoms with Gasteiger partial charge in [0.15, 0.2) is 0 Å². The van der Waals surface area contributed by atoms with Crippen LogP contribution in [-0.4, -0.2) is 46.9 Å². The molecule has 1 N–H and O–H groups in total. The number of ether oxygens (including phenoxy) is 1. The number of methoxy groups -OCH3 is 1. The van der Waals surface area contributed by atoms with Crippen LogP contribution >= 0.6 is 11.6 Å². The van der Waals surface area contributed by atoms with E-state index >= 15 is 0 Å². The number of nitrogens with zero attached hydrogens (tertiary/aromatic N) is 3. The number of aryl methyl sites for hydroxylation is 1. The number of piperidine rings is 1. The minimum Gasteiger partial charge on any atom is -0.497 e. The summed E-state index contributed by atoms with van der Waals surface area (Å²) in [5.74, 6) is 0.618. The topological polar surface area (TPSA) is 84.4 Å². The van der Waals surface area contributed by atoms with Crippen LogP contribution in [0.1, 0.15) is 28.9 Å². The summed E-state index contributed by atoms with van der Waals surface area (Å²) in [6, 6.07) is 10.8. The first-order valence-corrected chi connectivity index (χ1v) is 10.5. The predicted octanol–water partition coefficient (Wildman–Crippen LogP) is 4.09. The van der Waals surface area contributed by atoms with E-state index in [0.717, 1.165) is 29.5 Å². The molecule has 0 spiro atoms. The highest BCUT2D eigenvalue weighted by Gasteiger charge is 2.30. The third kappa shape index (κ3) is 4.61. The molecule has 1 aromatic carbocycles. The summed E-state index contributed by atoms with van der Waals surface area (Å²) in [7, 11) is 1.61. The number of hydrogen-bond acceptors (Lipinski definition) is 5. The van der Waals surface area contributed by atoms with Crippen LogP contribution in [0.15, 0.2) is 42.6 Å². The third-order valence-corrected chi connectivity index (χ3v) is 5.73. The molecule has 0 bridgehead atoms. The summed E-state index contributed by atoms with van der Waals surface area (Å²) in [6.07, 6.45) is 2.96. The average Bonchev–Trinajstić information content (AvgIpc) is 2.79. The zero-order valence-corrected chi connectivity index (χ0v) is 18.1. The molecule has 1 saturated heterocycles. The van der Waals surface area contributed by atoms with Crippen molar-refractivity contribution in [3.05, 3.63) is 58.9 Å². The Hall–Kier alpha value is -3.19. The molecule has 0 radical (unpaired) electrons. The van der Waals surface area contributed by atoms with E-state index in [4.69, 9.17) is 16.3 Å². The minimum absolute atomic E-state index is 0.107. The molecule has 3 heterocycles. The fraction of sp³-hybridized carbons (Fsp3) is 0.304. The van der Waals surface area contributed by atoms with Crippen LogP contribution in [-0.2, 0) is 4.79 Å². The van der Waals surface area contributed by atoms with Crippen LogP contribution in [0.4, 0.5) is 5.82 Å². The van der Waals surface area contributed by atoms with E-state index in [1.165, 1.54) is 6.20 Å². The Labute approximate surface area is 185 Å². The van der Waals surface area contributed by atoms with Gasteiger partial charge in [0, 0.05) is 30.7 Å². The van der Waals surface area contributed by atoms with E-state index in [0.29, 0.717) is 35.2 Å². The molecule has 0 saturated carbocycles. The fourth-order valence-corrected chi connectivity index (χ4v) is 3.92. The van der Waals surface area contributed by atoms with Gasteiger partial charge in [-0.05, 0) is 50.1 Å². The van der Waals surface area contributed by atoms with Crippen LogP contribution in [0.5, 0.6) is 5.75 Å². The van der Waals surface area contributed by atoms with Crippen molar-refractivity contribution >= 4 is 40.1 Å². The first-order chi connectivity index (χ1) is 14.9. The lowest BCUT2D eigenvalue weighted by Crippen LogP contribution is -2.44. The number of amides is 2. The Balaban J connectivity index is 1.50. The number of nitrogens with one attached hydrogen (secondary N) is 1. The molecule has 1 fully saturated rings. The first kappa shape index (κ1) is 21.1. The van der Waals surface area contributed by atoms with Crippen molar-refractivity contribution in [2.45, 2.75) is 19.8 Å². The largest absolute Gasteiger partial charge is 0.497 e. The number of halogens is 1. The van der Waals surface area contributed by atoms with Gasteiger partial charge in [0.2, 0.25) is 5.91 Å². The van der Waals surface area contributed by atoms with Crippen LogP contribution in [0.25, 0.3) is 10.9 Å². The molecular weight excluding hydrogens is 416 g/mol. The van der Waals surface area contributed by atoms with Gasteiger partial charge in [-0.15, -0.1) is 0 Å². The molecule has 1 unspecified atom stereocenters. The Bertz CT molecular complexity index is 1130. The summed E-state index contributed by atoms with van der Waals surface area (Å²) in [6.45, 7) is 2.80. The summed E-state index contributed by atoms with van der Waals surface area (Å²) >= 11 is 5.84. The molecule has 4 rings (SSSR count). The number of likely N-dealkylation sites (tertiary alicyclic amines) is 1. The molecule has 2 aromatic heterocycles. The molecule has 2 amide bonds. The highest BCUT2D eigenvalue weighted by molar-refractivity contribution is 6.30. The number of benzene rings is 1. The molecule has 1 aliphatic rings. The molecule has 1 aliphatic heterocycles. The number of carbonyl (C=O) groups excluding carboxylic acids is 2. The molecule has 7 nitrogen and oxygen atoms in total. The summed E-state index contributed by atoms with van der Waals surface area (Å²) < 4.78 is 5.25. The van der Waals surface area contributed by atoms with Crippen LogP contribution in [0.2, 0.25) is 5.02 Å². The van der Waals surface area contributed by atoms with E-state index in [2.05, 4.69) is 15.3 Å². The van der Waals surface area contributed by atoms with Crippen molar-refractivity contribution in [2.75, 3.05) is 25.5 Å². The van der Waals surface area contributed by atoms with Gasteiger partial charge < -0.3 is 15.0 Å². The van der Waals surface area contributed by atoms with Gasteiger partial charge in [-0.25, -0.2) is 4.98 Å². The number of rotatable bonds is 4. The number of hydrogen-bond donors (Lipinski definition) is 1. The van der Waals surface area contributed by atoms with Gasteiger partial charge in [-0.2, -0.15) is 0 Å². The van der Waals surface area contributed by atoms with Gasteiger partial charge in [0.05, 0.1) is 34.8 Å². The number of pyridine rings is 2. The lowest BCUT2D eigenvalue weighted by atomic mass is 9.96. The monoisotopic (exact) mass is 438 g/mol. The zero-order chi connectivity index (χ0) is 22.0. The molecule has 3 aromatic rings. The fourth-order valence-electron chi connectivity index (χ4n) is 3.81. The van der Waals surface area contributed by atoms with E-state index < -0.39 is 0 Å². The van der Waals surface area contributed by atoms with E-state index in [-0.39, 0.29) is 17.7 Å². The van der Waals surface area contributed by atoms with Crippen molar-refractivity contribution < 1.29 is 14.3 Å². The second kappa shape index (κ2) is 8.89. The molecule has 1 atom stereocenters. The van der Waals surface area contributed by atoms with Crippen molar-refractivity contribution in [1.29, 1.82) is 0 Å². The quantitative estimate of drug-likeness (QED) is 0.663. The second-order valence-electron chi connectivity index (χ2n) is 7.62. The number of carbonyl (C=O) groups is 2. The van der Waals surface area contributed by atoms with E-state index in [1.807, 2.05) is 31.2 Å². The molecular formula is C23H23ClN4O3. The zero-order valence-electron chi connectivity index (χ0n) is 17.4. The number of fused-ring (bicyclic) bond motifs is 1. The Kier molecular flexibility index (Phi) is 6.04. The van der Waals surface area contributed by atoms with E-state index in [9.17, 15) is 9.59 Å². The predicted molar refractivity (Wildman–Crippen MR) is 120 cm³/mol. The number of aromatic nitrogens is 2. The summed E-state index contributed by atoms with van der Waals surface area (Å²) in [5.41, 5.74) is 1.99. The Morgan fingerprint density at radius 3 is 2.81 bits per heavy atom. The Morgan fingerprint density at radius 2 is 2.06 bits per heavy atom. The highest BCUT2D eigenvalue weighted by Crippen LogP contribution is 2.25. The minimum atomic E-state index is -0.298. The van der Waals surface area contributed by atoms with Crippen molar-refractivity contribution in [3.63, 3.8) is 0 Å². The normalized spacial score (nSPS) is 16.2. The van der Waals surface area contributed by atoms with Gasteiger partial charge >= 0.3 is 0 Å². The standard InChI is InChI=1S/C23H23ClN4O3/c1-14-19(10-15-5-7-18(31-2)11-20(15)26-14)23(30)28-9-3-4-16(13-28)22(29)27-21-8-6-17(24)12-25-21/h5-8,10-12,16H,3-4,9,13H2,1-2H3,(H,25,27,29). The van der Waals surface area contributed by atoms with Crippen LogP contribution in [0, 0.1) is 12.8 Å². The Morgan fingerprint density at radius 1 is 1.23 bits per heavy atom. The third-order valence-electron chi connectivity index (χ3n) is 5.50. The second-order valence-corrected chi connectivity index (χ2v) is 8.06. The lowest BCUT2D eigenvalue weighted by Gasteiger charge is -2.32. The van der Waals surface area contributed by atoms with Gasteiger partial charge in [0.25, 0.3) is 5.91 Å². The summed E-state index contributed by atoms with van der Waals surface area (Å²) in [4.78, 5) is 36.4. The van der Waals surface area contributed by atoms with Crippen molar-refractivity contribution in [1.82, 2.24) is 14.9 Å². The molecule has 0 aliphatic carbocycles. The van der Waals surface area contributed by atoms with Gasteiger partial charge in [-0.3, -0.25) is 14.6 Å². The van der Waals surface area contributed by atoms with Crippen molar-refractivity contribution in [2.24, 2.45) is 5.92 Å². The SMILES string of the molecule is COc1ccc2cc(C(=O)N3CCCC(C(=O)Nc4ccc(Cl)cn4)C3)c(C)nc2c1. The van der Waals surface area contributed by atoms with Gasteiger partial charge in [-0.1, -0.05) is 11.6 Å². The first-order valence-electron chi connectivity index (χ1n) is 10.1. The van der Waals surface area contributed by atoms with E-state index in [1.54, 1.807) is 24.1 Å². The maximum atomic E-state index is 13.3. The van der Waals surface area contributed by atoms with Gasteiger partial charge in [0.1, 0.15) is 11.6 Å². The van der Waals surface area contributed by atoms with Crippen LogP contribution < -0.4 is 10.1 Å². The molecule has 31 heavy (non-hydrogen) atoms. The maximum absolute atomic E-state index is 13.3. The maximum Gasteiger partial charge on any atom is 0.255 e. The average molecular weight is 439 g/mol. The summed E-state index contributed by atoms with van der Waals surface area (Å²) in [5, 5.41) is 4.19. The van der Waals surface area contributed by atoms with Crippen LogP contribution in [0.3, 0.4) is 0 Å². The smallest absolute Gasteiger partial charge is 0.255 e. The molecule has 8 heteroatoms. The highest BCUT2D eigenvalue weighted by atomic mass is 35.5.